The van der Waals surface area contributed by atoms with E-state index < -0.39 is 10.0 Å². The molecule has 0 bridgehead atoms. The molecule has 8 heteroatoms. The van der Waals surface area contributed by atoms with Crippen molar-refractivity contribution in [3.05, 3.63) is 59.4 Å². The van der Waals surface area contributed by atoms with E-state index in [0.717, 1.165) is 17.1 Å². The van der Waals surface area contributed by atoms with Crippen LogP contribution in [0.25, 0.3) is 11.3 Å². The summed E-state index contributed by atoms with van der Waals surface area (Å²) in [4.78, 5) is 4.64. The standard InChI is InChI=1S/C18H19N3O3S2/c1-13-4-6-14(7-5-13)16-11-21-10-15(24-12-17(21)20-16)9-19-26(22,23)18-3-2-8-25-18/h2-8,11,15,19H,9-10,12H2,1H3/t15-/m0/s1. The van der Waals surface area contributed by atoms with E-state index in [2.05, 4.69) is 40.9 Å². The second kappa shape index (κ2) is 6.96. The van der Waals surface area contributed by atoms with Crippen LogP contribution in [-0.2, 0) is 27.9 Å². The number of nitrogens with zero attached hydrogens (tertiary/aromatic N) is 2. The lowest BCUT2D eigenvalue weighted by atomic mass is 10.1. The number of aryl methyl sites for hydroxylation is 1. The average Bonchev–Trinajstić information content (AvgIpc) is 3.30. The third-order valence-electron chi connectivity index (χ3n) is 4.32. The van der Waals surface area contributed by atoms with Gasteiger partial charge in [0.25, 0.3) is 0 Å². The Kier molecular flexibility index (Phi) is 4.66. The maximum absolute atomic E-state index is 12.2. The van der Waals surface area contributed by atoms with Gasteiger partial charge in [-0.05, 0) is 18.4 Å². The van der Waals surface area contributed by atoms with E-state index >= 15 is 0 Å². The summed E-state index contributed by atoms with van der Waals surface area (Å²) in [5, 5.41) is 1.75. The number of sulfonamides is 1. The molecule has 0 aliphatic carbocycles. The molecule has 6 nitrogen and oxygen atoms in total. The molecule has 0 saturated heterocycles. The van der Waals surface area contributed by atoms with Crippen LogP contribution >= 0.6 is 11.3 Å². The number of ether oxygens (including phenoxy) is 1. The topological polar surface area (TPSA) is 73.2 Å². The first-order valence-corrected chi connectivity index (χ1v) is 10.7. The quantitative estimate of drug-likeness (QED) is 0.728. The lowest BCUT2D eigenvalue weighted by Gasteiger charge is -2.24. The van der Waals surface area contributed by atoms with Crippen molar-refractivity contribution < 1.29 is 13.2 Å². The predicted octanol–water partition coefficient (Wildman–Crippen LogP) is 2.80. The van der Waals surface area contributed by atoms with Crippen LogP contribution in [0.2, 0.25) is 0 Å². The minimum absolute atomic E-state index is 0.225. The third kappa shape index (κ3) is 3.59. The van der Waals surface area contributed by atoms with Gasteiger partial charge in [-0.2, -0.15) is 0 Å². The van der Waals surface area contributed by atoms with Crippen LogP contribution in [0.3, 0.4) is 0 Å². The molecule has 136 valence electrons. The summed E-state index contributed by atoms with van der Waals surface area (Å²) in [6.45, 7) is 3.23. The van der Waals surface area contributed by atoms with Gasteiger partial charge in [-0.3, -0.25) is 0 Å². The minimum Gasteiger partial charge on any atom is -0.367 e. The van der Waals surface area contributed by atoms with E-state index in [1.807, 2.05) is 10.8 Å². The number of aromatic nitrogens is 2. The fraction of sp³-hybridized carbons (Fsp3) is 0.278. The Labute approximate surface area is 156 Å². The summed E-state index contributed by atoms with van der Waals surface area (Å²) < 4.78 is 35.2. The molecule has 0 radical (unpaired) electrons. The smallest absolute Gasteiger partial charge is 0.250 e. The number of rotatable bonds is 5. The number of benzene rings is 1. The fourth-order valence-corrected chi connectivity index (χ4v) is 4.97. The summed E-state index contributed by atoms with van der Waals surface area (Å²) in [6, 6.07) is 11.5. The predicted molar refractivity (Wildman–Crippen MR) is 100 cm³/mol. The van der Waals surface area contributed by atoms with Crippen molar-refractivity contribution in [1.29, 1.82) is 0 Å². The van der Waals surface area contributed by atoms with E-state index in [0.29, 0.717) is 17.4 Å². The zero-order chi connectivity index (χ0) is 18.1. The van der Waals surface area contributed by atoms with E-state index in [1.54, 1.807) is 17.5 Å². The maximum Gasteiger partial charge on any atom is 0.250 e. The van der Waals surface area contributed by atoms with Crippen LogP contribution in [0.4, 0.5) is 0 Å². The Hall–Kier alpha value is -2.00. The van der Waals surface area contributed by atoms with Gasteiger partial charge in [-0.1, -0.05) is 35.9 Å². The highest BCUT2D eigenvalue weighted by atomic mass is 32.2. The molecule has 1 aliphatic rings. The summed E-state index contributed by atoms with van der Waals surface area (Å²) in [5.41, 5.74) is 3.18. The van der Waals surface area contributed by atoms with Crippen molar-refractivity contribution >= 4 is 21.4 Å². The Balaban J connectivity index is 1.44. The molecule has 1 N–H and O–H groups in total. The summed E-state index contributed by atoms with van der Waals surface area (Å²) in [7, 11) is -3.47. The van der Waals surface area contributed by atoms with Gasteiger partial charge in [-0.15, -0.1) is 11.3 Å². The van der Waals surface area contributed by atoms with E-state index in [9.17, 15) is 8.42 Å². The molecule has 0 spiro atoms. The zero-order valence-electron chi connectivity index (χ0n) is 14.3. The molecule has 3 heterocycles. The molecule has 0 saturated carbocycles. The molecular formula is C18H19N3O3S2. The molecule has 2 aromatic heterocycles. The molecule has 0 unspecified atom stereocenters. The highest BCUT2D eigenvalue weighted by molar-refractivity contribution is 7.91. The summed E-state index contributed by atoms with van der Waals surface area (Å²) >= 11 is 1.20. The molecule has 3 aromatic rings. The molecular weight excluding hydrogens is 370 g/mol. The molecule has 0 amide bonds. The fourth-order valence-electron chi connectivity index (χ4n) is 2.87. The summed E-state index contributed by atoms with van der Waals surface area (Å²) in [6.07, 6.45) is 1.78. The number of fused-ring (bicyclic) bond motifs is 1. The molecule has 1 aromatic carbocycles. The number of nitrogens with one attached hydrogen (secondary N) is 1. The van der Waals surface area contributed by atoms with E-state index in [-0.39, 0.29) is 12.6 Å². The first-order chi connectivity index (χ1) is 12.5. The maximum atomic E-state index is 12.2. The lowest BCUT2D eigenvalue weighted by molar-refractivity contribution is 0.00587. The van der Waals surface area contributed by atoms with Crippen LogP contribution in [0, 0.1) is 6.92 Å². The van der Waals surface area contributed by atoms with E-state index in [1.165, 1.54) is 16.9 Å². The zero-order valence-corrected chi connectivity index (χ0v) is 15.9. The van der Waals surface area contributed by atoms with Crippen molar-refractivity contribution in [3.63, 3.8) is 0 Å². The Morgan fingerprint density at radius 2 is 2.12 bits per heavy atom. The van der Waals surface area contributed by atoms with Crippen molar-refractivity contribution in [2.75, 3.05) is 6.54 Å². The van der Waals surface area contributed by atoms with Crippen LogP contribution < -0.4 is 4.72 Å². The highest BCUT2D eigenvalue weighted by Crippen LogP contribution is 2.23. The Bertz CT molecular complexity index is 993. The Morgan fingerprint density at radius 1 is 1.31 bits per heavy atom. The number of hydrogen-bond acceptors (Lipinski definition) is 5. The van der Waals surface area contributed by atoms with Crippen molar-refractivity contribution in [2.45, 2.75) is 30.4 Å². The summed E-state index contributed by atoms with van der Waals surface area (Å²) in [5.74, 6) is 0.859. The van der Waals surface area contributed by atoms with Crippen molar-refractivity contribution in [2.24, 2.45) is 0 Å². The van der Waals surface area contributed by atoms with Crippen LogP contribution in [-0.4, -0.2) is 30.6 Å². The van der Waals surface area contributed by atoms with Gasteiger partial charge in [0.1, 0.15) is 16.6 Å². The van der Waals surface area contributed by atoms with Gasteiger partial charge in [0.05, 0.1) is 18.3 Å². The number of thiophene rings is 1. The molecule has 0 fully saturated rings. The van der Waals surface area contributed by atoms with Crippen LogP contribution in [0.15, 0.2) is 52.2 Å². The molecule has 1 atom stereocenters. The van der Waals surface area contributed by atoms with Crippen molar-refractivity contribution in [3.8, 4) is 11.3 Å². The second-order valence-electron chi connectivity index (χ2n) is 6.28. The van der Waals surface area contributed by atoms with Gasteiger partial charge in [0.2, 0.25) is 10.0 Å². The van der Waals surface area contributed by atoms with Crippen molar-refractivity contribution in [1.82, 2.24) is 14.3 Å². The normalized spacial score (nSPS) is 17.2. The molecule has 4 rings (SSSR count). The van der Waals surface area contributed by atoms with Gasteiger partial charge in [0.15, 0.2) is 0 Å². The monoisotopic (exact) mass is 389 g/mol. The van der Waals surface area contributed by atoms with Gasteiger partial charge < -0.3 is 9.30 Å². The van der Waals surface area contributed by atoms with Gasteiger partial charge in [0, 0.05) is 18.3 Å². The largest absolute Gasteiger partial charge is 0.367 e. The van der Waals surface area contributed by atoms with Crippen LogP contribution in [0.5, 0.6) is 0 Å². The SMILES string of the molecule is Cc1ccc(-c2cn3c(n2)CO[C@@H](CNS(=O)(=O)c2cccs2)C3)cc1. The molecule has 1 aliphatic heterocycles. The molecule has 26 heavy (non-hydrogen) atoms. The van der Waals surface area contributed by atoms with Crippen LogP contribution in [0.1, 0.15) is 11.4 Å². The number of imidazole rings is 1. The highest BCUT2D eigenvalue weighted by Gasteiger charge is 2.24. The minimum atomic E-state index is -3.47. The first-order valence-electron chi connectivity index (χ1n) is 8.29. The third-order valence-corrected chi connectivity index (χ3v) is 7.14. The first kappa shape index (κ1) is 17.4. The van der Waals surface area contributed by atoms with Gasteiger partial charge in [-0.25, -0.2) is 18.1 Å². The van der Waals surface area contributed by atoms with Gasteiger partial charge >= 0.3 is 0 Å². The second-order valence-corrected chi connectivity index (χ2v) is 9.22. The average molecular weight is 390 g/mol. The Morgan fingerprint density at radius 3 is 2.85 bits per heavy atom. The van der Waals surface area contributed by atoms with E-state index in [4.69, 9.17) is 4.74 Å². The lowest BCUT2D eigenvalue weighted by Crippen LogP contribution is -2.38. The number of hydrogen-bond donors (Lipinski definition) is 1.